The molecule has 0 aliphatic rings. The highest BCUT2D eigenvalue weighted by Gasteiger charge is 2.14. The van der Waals surface area contributed by atoms with Crippen LogP contribution in [-0.2, 0) is 0 Å². The molecule has 0 fully saturated rings. The minimum absolute atomic E-state index is 0.274. The fourth-order valence-corrected chi connectivity index (χ4v) is 2.55. The van der Waals surface area contributed by atoms with Gasteiger partial charge in [-0.1, -0.05) is 6.07 Å². The van der Waals surface area contributed by atoms with Gasteiger partial charge in [-0.15, -0.1) is 0 Å². The van der Waals surface area contributed by atoms with E-state index in [2.05, 4.69) is 29.9 Å². The minimum atomic E-state index is -0.306. The van der Waals surface area contributed by atoms with Crippen molar-refractivity contribution in [1.82, 2.24) is 29.9 Å². The average molecular weight is 334 g/mol. The largest absolute Gasteiger partial charge is 0.493 e. The van der Waals surface area contributed by atoms with Gasteiger partial charge < -0.3 is 14.7 Å². The van der Waals surface area contributed by atoms with Crippen molar-refractivity contribution >= 4 is 11.2 Å². The van der Waals surface area contributed by atoms with Crippen LogP contribution in [0.4, 0.5) is 0 Å². The van der Waals surface area contributed by atoms with Gasteiger partial charge in [0.05, 0.1) is 18.5 Å². The summed E-state index contributed by atoms with van der Waals surface area (Å²) in [4.78, 5) is 34.6. The molecule has 0 aliphatic carbocycles. The molecule has 4 rings (SSSR count). The van der Waals surface area contributed by atoms with Gasteiger partial charge in [0, 0.05) is 18.0 Å². The Bertz CT molecular complexity index is 1090. The van der Waals surface area contributed by atoms with Crippen molar-refractivity contribution in [3.05, 3.63) is 53.3 Å². The molecule has 1 aromatic carbocycles. The van der Waals surface area contributed by atoms with E-state index in [0.29, 0.717) is 35.2 Å². The summed E-state index contributed by atoms with van der Waals surface area (Å²) in [7, 11) is 0. The van der Waals surface area contributed by atoms with Crippen LogP contribution in [0, 0.1) is 0 Å². The summed E-state index contributed by atoms with van der Waals surface area (Å²) in [6, 6.07) is 7.29. The van der Waals surface area contributed by atoms with E-state index >= 15 is 0 Å². The summed E-state index contributed by atoms with van der Waals surface area (Å²) in [5.41, 5.74) is 1.89. The number of hydrogen-bond acceptors (Lipinski definition) is 6. The van der Waals surface area contributed by atoms with E-state index in [1.165, 1.54) is 6.33 Å². The van der Waals surface area contributed by atoms with E-state index < -0.39 is 0 Å². The SMILES string of the molecule is CCOc1cc(-c2ncccn2)ccc1-c1nc2[nH]cnc2c(=O)[nH]1. The predicted octanol–water partition coefficient (Wildman–Crippen LogP) is 2.17. The summed E-state index contributed by atoms with van der Waals surface area (Å²) < 4.78 is 5.74. The molecule has 8 heteroatoms. The first kappa shape index (κ1) is 15.0. The number of hydrogen-bond donors (Lipinski definition) is 2. The van der Waals surface area contributed by atoms with E-state index in [1.807, 2.05) is 25.1 Å². The number of aromatic amines is 2. The van der Waals surface area contributed by atoms with Crippen molar-refractivity contribution in [2.24, 2.45) is 0 Å². The van der Waals surface area contributed by atoms with Gasteiger partial charge in [-0.05, 0) is 25.1 Å². The molecular weight excluding hydrogens is 320 g/mol. The van der Waals surface area contributed by atoms with Crippen LogP contribution in [0.3, 0.4) is 0 Å². The highest BCUT2D eigenvalue weighted by molar-refractivity contribution is 5.75. The molecule has 0 aliphatic heterocycles. The van der Waals surface area contributed by atoms with Crippen molar-refractivity contribution in [2.75, 3.05) is 6.61 Å². The summed E-state index contributed by atoms with van der Waals surface area (Å²) in [5, 5.41) is 0. The molecule has 4 aromatic rings. The smallest absolute Gasteiger partial charge is 0.279 e. The number of rotatable bonds is 4. The lowest BCUT2D eigenvalue weighted by molar-refractivity contribution is 0.341. The van der Waals surface area contributed by atoms with Crippen LogP contribution in [0.15, 0.2) is 47.8 Å². The Morgan fingerprint density at radius 1 is 1.16 bits per heavy atom. The number of ether oxygens (including phenoxy) is 1. The third kappa shape index (κ3) is 2.74. The van der Waals surface area contributed by atoms with Crippen molar-refractivity contribution in [1.29, 1.82) is 0 Å². The lowest BCUT2D eigenvalue weighted by atomic mass is 10.1. The molecule has 0 radical (unpaired) electrons. The van der Waals surface area contributed by atoms with E-state index in [-0.39, 0.29) is 11.1 Å². The Kier molecular flexibility index (Phi) is 3.70. The van der Waals surface area contributed by atoms with Gasteiger partial charge in [0.15, 0.2) is 17.0 Å². The lowest BCUT2D eigenvalue weighted by Gasteiger charge is -2.11. The van der Waals surface area contributed by atoms with Crippen LogP contribution in [0.25, 0.3) is 33.9 Å². The maximum atomic E-state index is 12.2. The zero-order valence-corrected chi connectivity index (χ0v) is 13.4. The number of nitrogens with one attached hydrogen (secondary N) is 2. The monoisotopic (exact) mass is 334 g/mol. The molecule has 0 atom stereocenters. The van der Waals surface area contributed by atoms with E-state index in [1.54, 1.807) is 18.5 Å². The second-order valence-corrected chi connectivity index (χ2v) is 5.23. The maximum absolute atomic E-state index is 12.2. The predicted molar refractivity (Wildman–Crippen MR) is 92.1 cm³/mol. The van der Waals surface area contributed by atoms with Gasteiger partial charge in [0.1, 0.15) is 11.6 Å². The molecule has 0 bridgehead atoms. The second kappa shape index (κ2) is 6.16. The number of fused-ring (bicyclic) bond motifs is 1. The first-order valence-corrected chi connectivity index (χ1v) is 7.74. The molecule has 3 heterocycles. The molecule has 3 aromatic heterocycles. The first-order valence-electron chi connectivity index (χ1n) is 7.74. The van der Waals surface area contributed by atoms with Crippen molar-refractivity contribution in [3.63, 3.8) is 0 Å². The molecule has 2 N–H and O–H groups in total. The van der Waals surface area contributed by atoms with Gasteiger partial charge in [-0.3, -0.25) is 4.79 Å². The van der Waals surface area contributed by atoms with Crippen molar-refractivity contribution < 1.29 is 4.74 Å². The molecule has 25 heavy (non-hydrogen) atoms. The van der Waals surface area contributed by atoms with Crippen LogP contribution < -0.4 is 10.3 Å². The summed E-state index contributed by atoms with van der Waals surface area (Å²) in [6.45, 7) is 2.37. The third-order valence-electron chi connectivity index (χ3n) is 3.65. The Hall–Kier alpha value is -3.55. The molecule has 0 saturated carbocycles. The Labute approximate surface area is 142 Å². The Morgan fingerprint density at radius 3 is 2.80 bits per heavy atom. The normalized spacial score (nSPS) is 10.9. The Morgan fingerprint density at radius 2 is 2.00 bits per heavy atom. The van der Waals surface area contributed by atoms with Crippen LogP contribution in [0.1, 0.15) is 6.92 Å². The molecule has 124 valence electrons. The van der Waals surface area contributed by atoms with Crippen LogP contribution in [-0.4, -0.2) is 36.5 Å². The molecule has 8 nitrogen and oxygen atoms in total. The maximum Gasteiger partial charge on any atom is 0.279 e. The highest BCUT2D eigenvalue weighted by atomic mass is 16.5. The van der Waals surface area contributed by atoms with Gasteiger partial charge in [-0.25, -0.2) is 19.9 Å². The van der Waals surface area contributed by atoms with Gasteiger partial charge in [0.2, 0.25) is 0 Å². The quantitative estimate of drug-likeness (QED) is 0.592. The topological polar surface area (TPSA) is 109 Å². The van der Waals surface area contributed by atoms with E-state index in [0.717, 1.165) is 5.56 Å². The molecule has 0 amide bonds. The number of benzene rings is 1. The Balaban J connectivity index is 1.86. The molecule has 0 spiro atoms. The number of nitrogens with zero attached hydrogens (tertiary/aromatic N) is 4. The zero-order chi connectivity index (χ0) is 17.2. The van der Waals surface area contributed by atoms with Crippen molar-refractivity contribution in [3.8, 4) is 28.5 Å². The average Bonchev–Trinajstić information content (AvgIpc) is 3.12. The second-order valence-electron chi connectivity index (χ2n) is 5.23. The number of H-pyrrole nitrogens is 2. The van der Waals surface area contributed by atoms with E-state index in [4.69, 9.17) is 4.74 Å². The van der Waals surface area contributed by atoms with Crippen LogP contribution in [0.2, 0.25) is 0 Å². The third-order valence-corrected chi connectivity index (χ3v) is 3.65. The summed E-state index contributed by atoms with van der Waals surface area (Å²) >= 11 is 0. The number of aromatic nitrogens is 6. The summed E-state index contributed by atoms with van der Waals surface area (Å²) in [5.74, 6) is 1.60. The number of imidazole rings is 1. The standard InChI is InChI=1S/C17H14N6O2/c1-2-25-12-8-10(14-18-6-3-7-19-14)4-5-11(12)15-22-16-13(17(24)23-15)20-9-21-16/h3-9H,2H2,1H3,(H2,20,21,22,23,24). The minimum Gasteiger partial charge on any atom is -0.493 e. The molecule has 0 saturated heterocycles. The summed E-state index contributed by atoms with van der Waals surface area (Å²) in [6.07, 6.45) is 4.81. The fourth-order valence-electron chi connectivity index (χ4n) is 2.55. The van der Waals surface area contributed by atoms with Gasteiger partial charge in [0.25, 0.3) is 5.56 Å². The van der Waals surface area contributed by atoms with Crippen molar-refractivity contribution in [2.45, 2.75) is 6.92 Å². The highest BCUT2D eigenvalue weighted by Crippen LogP contribution is 2.31. The molecule has 0 unspecified atom stereocenters. The van der Waals surface area contributed by atoms with E-state index in [9.17, 15) is 4.79 Å². The lowest BCUT2D eigenvalue weighted by Crippen LogP contribution is -2.10. The van der Waals surface area contributed by atoms with Gasteiger partial charge in [-0.2, -0.15) is 0 Å². The van der Waals surface area contributed by atoms with Crippen LogP contribution in [0.5, 0.6) is 5.75 Å². The van der Waals surface area contributed by atoms with Gasteiger partial charge >= 0.3 is 0 Å². The van der Waals surface area contributed by atoms with Crippen LogP contribution >= 0.6 is 0 Å². The first-order chi connectivity index (χ1) is 12.3. The molecular formula is C17H14N6O2. The fraction of sp³-hybridized carbons (Fsp3) is 0.118. The zero-order valence-electron chi connectivity index (χ0n) is 13.4.